The number of morpholine rings is 1. The highest BCUT2D eigenvalue weighted by Crippen LogP contribution is 2.29. The first-order chi connectivity index (χ1) is 15.5. The largest absolute Gasteiger partial charge is 0.470 e. The van der Waals surface area contributed by atoms with Crippen molar-refractivity contribution < 1.29 is 14.3 Å². The standard InChI is InChI=1S/C23H28N6O3.H2S/c1-15(20-14-29(11-12-31-20)23(30)24-2)32-22-21-19(25-9-10-26-21)13-18(27-22)16-5-7-17(8-6-16)28(3)4;/h5-10,13,15,20H,11-12,14H2,1-4H3,(H,24,30);1H2. The van der Waals surface area contributed by atoms with Gasteiger partial charge in [-0.05, 0) is 25.1 Å². The van der Waals surface area contributed by atoms with Crippen LogP contribution in [0, 0.1) is 0 Å². The summed E-state index contributed by atoms with van der Waals surface area (Å²) in [5.74, 6) is 0.399. The van der Waals surface area contributed by atoms with Gasteiger partial charge in [-0.1, -0.05) is 12.1 Å². The van der Waals surface area contributed by atoms with Crippen molar-refractivity contribution in [2.45, 2.75) is 19.1 Å². The number of carbonyl (C=O) groups excluding carboxylic acids is 1. The summed E-state index contributed by atoms with van der Waals surface area (Å²) in [6, 6.07) is 9.93. The second-order valence-corrected chi connectivity index (χ2v) is 7.91. The molecule has 9 nitrogen and oxygen atoms in total. The van der Waals surface area contributed by atoms with E-state index >= 15 is 0 Å². The lowest BCUT2D eigenvalue weighted by atomic mass is 10.1. The minimum atomic E-state index is -0.341. The topological polar surface area (TPSA) is 92.7 Å². The van der Waals surface area contributed by atoms with Gasteiger partial charge in [-0.2, -0.15) is 13.5 Å². The molecule has 1 saturated heterocycles. The number of hydrogen-bond acceptors (Lipinski definition) is 7. The number of rotatable bonds is 5. The maximum absolute atomic E-state index is 12.0. The lowest BCUT2D eigenvalue weighted by Gasteiger charge is -2.35. The zero-order chi connectivity index (χ0) is 22.7. The molecule has 10 heteroatoms. The molecule has 1 fully saturated rings. The van der Waals surface area contributed by atoms with Crippen LogP contribution in [-0.2, 0) is 4.74 Å². The number of urea groups is 1. The third-order valence-electron chi connectivity index (χ3n) is 5.52. The summed E-state index contributed by atoms with van der Waals surface area (Å²) < 4.78 is 12.1. The Morgan fingerprint density at radius 1 is 1.24 bits per heavy atom. The van der Waals surface area contributed by atoms with E-state index in [-0.39, 0.29) is 31.7 Å². The van der Waals surface area contributed by atoms with E-state index in [4.69, 9.17) is 14.5 Å². The fraction of sp³-hybridized carbons (Fsp3) is 0.391. The number of nitrogens with zero attached hydrogens (tertiary/aromatic N) is 5. The van der Waals surface area contributed by atoms with E-state index in [0.717, 1.165) is 16.9 Å². The number of nitrogens with one attached hydrogen (secondary N) is 1. The van der Waals surface area contributed by atoms with Crippen molar-refractivity contribution in [1.29, 1.82) is 0 Å². The summed E-state index contributed by atoms with van der Waals surface area (Å²) in [5, 5.41) is 2.66. The third kappa shape index (κ3) is 5.45. The predicted octanol–water partition coefficient (Wildman–Crippen LogP) is 2.68. The van der Waals surface area contributed by atoms with Crippen molar-refractivity contribution in [2.24, 2.45) is 0 Å². The van der Waals surface area contributed by atoms with Gasteiger partial charge in [0, 0.05) is 51.3 Å². The van der Waals surface area contributed by atoms with Gasteiger partial charge in [-0.25, -0.2) is 14.8 Å². The van der Waals surface area contributed by atoms with Crippen LogP contribution in [0.5, 0.6) is 5.88 Å². The molecule has 2 atom stereocenters. The zero-order valence-electron chi connectivity index (χ0n) is 19.3. The van der Waals surface area contributed by atoms with Crippen LogP contribution >= 0.6 is 13.5 Å². The summed E-state index contributed by atoms with van der Waals surface area (Å²) >= 11 is 0. The average Bonchev–Trinajstić information content (AvgIpc) is 2.83. The van der Waals surface area contributed by atoms with E-state index in [0.29, 0.717) is 36.6 Å². The number of pyridine rings is 1. The van der Waals surface area contributed by atoms with Gasteiger partial charge < -0.3 is 24.6 Å². The molecule has 0 spiro atoms. The van der Waals surface area contributed by atoms with Crippen molar-refractivity contribution in [3.63, 3.8) is 0 Å². The van der Waals surface area contributed by atoms with Crippen molar-refractivity contribution in [3.05, 3.63) is 42.7 Å². The Labute approximate surface area is 200 Å². The molecule has 0 bridgehead atoms. The van der Waals surface area contributed by atoms with Gasteiger partial charge in [0.25, 0.3) is 0 Å². The van der Waals surface area contributed by atoms with Crippen LogP contribution in [0.15, 0.2) is 42.7 Å². The molecule has 0 aliphatic carbocycles. The predicted molar refractivity (Wildman–Crippen MR) is 133 cm³/mol. The Morgan fingerprint density at radius 3 is 2.67 bits per heavy atom. The summed E-state index contributed by atoms with van der Waals surface area (Å²) in [6.45, 7) is 3.36. The lowest BCUT2D eigenvalue weighted by molar-refractivity contribution is -0.0646. The van der Waals surface area contributed by atoms with E-state index < -0.39 is 0 Å². The SMILES string of the molecule is CNC(=O)N1CCOC(C(C)Oc2nc(-c3ccc(N(C)C)cc3)cc3nccnc23)C1.S. The molecule has 2 unspecified atom stereocenters. The van der Waals surface area contributed by atoms with Crippen molar-refractivity contribution >= 4 is 36.2 Å². The van der Waals surface area contributed by atoms with Gasteiger partial charge in [0.15, 0.2) is 5.52 Å². The molecular weight excluding hydrogens is 440 g/mol. The minimum Gasteiger partial charge on any atom is -0.470 e. The van der Waals surface area contributed by atoms with Crippen LogP contribution in [0.4, 0.5) is 10.5 Å². The van der Waals surface area contributed by atoms with Gasteiger partial charge in [0.05, 0.1) is 24.4 Å². The Morgan fingerprint density at radius 2 is 1.97 bits per heavy atom. The number of aromatic nitrogens is 3. The van der Waals surface area contributed by atoms with E-state index in [2.05, 4.69) is 15.3 Å². The van der Waals surface area contributed by atoms with Crippen molar-refractivity contribution in [3.8, 4) is 17.1 Å². The van der Waals surface area contributed by atoms with E-state index in [9.17, 15) is 4.79 Å². The van der Waals surface area contributed by atoms with E-state index in [1.165, 1.54) is 0 Å². The highest BCUT2D eigenvalue weighted by molar-refractivity contribution is 7.59. The Hall–Kier alpha value is -3.11. The molecule has 2 amide bonds. The average molecular weight is 471 g/mol. The van der Waals surface area contributed by atoms with E-state index in [1.54, 1.807) is 24.3 Å². The molecular formula is C23H30N6O3S. The molecule has 2 aromatic heterocycles. The number of ether oxygens (including phenoxy) is 2. The number of fused-ring (bicyclic) bond motifs is 1. The molecule has 3 heterocycles. The highest BCUT2D eigenvalue weighted by Gasteiger charge is 2.30. The minimum absolute atomic E-state index is 0. The number of amides is 2. The van der Waals surface area contributed by atoms with Crippen LogP contribution < -0.4 is 15.0 Å². The third-order valence-corrected chi connectivity index (χ3v) is 5.52. The van der Waals surface area contributed by atoms with Gasteiger partial charge >= 0.3 is 6.03 Å². The maximum atomic E-state index is 12.0. The monoisotopic (exact) mass is 470 g/mol. The second-order valence-electron chi connectivity index (χ2n) is 7.91. The Kier molecular flexibility index (Phi) is 7.93. The first-order valence-electron chi connectivity index (χ1n) is 10.6. The molecule has 4 rings (SSSR count). The van der Waals surface area contributed by atoms with Gasteiger partial charge in [-0.15, -0.1) is 0 Å². The van der Waals surface area contributed by atoms with Gasteiger partial charge in [0.1, 0.15) is 12.2 Å². The Balaban J connectivity index is 0.00000306. The van der Waals surface area contributed by atoms with Crippen LogP contribution in [0.3, 0.4) is 0 Å². The summed E-state index contributed by atoms with van der Waals surface area (Å²) in [6.07, 6.45) is 2.65. The molecule has 0 radical (unpaired) electrons. The molecule has 176 valence electrons. The summed E-state index contributed by atoms with van der Waals surface area (Å²) in [7, 11) is 5.63. The smallest absolute Gasteiger partial charge is 0.317 e. The number of benzene rings is 1. The lowest BCUT2D eigenvalue weighted by Crippen LogP contribution is -2.52. The number of carbonyl (C=O) groups is 1. The van der Waals surface area contributed by atoms with Gasteiger partial charge in [0.2, 0.25) is 5.88 Å². The molecule has 1 aliphatic rings. The maximum Gasteiger partial charge on any atom is 0.317 e. The molecule has 3 aromatic rings. The number of anilines is 1. The second kappa shape index (κ2) is 10.7. The molecule has 1 aromatic carbocycles. The van der Waals surface area contributed by atoms with Crippen LogP contribution in [0.1, 0.15) is 6.92 Å². The summed E-state index contributed by atoms with van der Waals surface area (Å²) in [5.41, 5.74) is 4.11. The fourth-order valence-electron chi connectivity index (χ4n) is 3.66. The van der Waals surface area contributed by atoms with Crippen molar-refractivity contribution in [2.75, 3.05) is 45.7 Å². The Bertz CT molecular complexity index is 1100. The van der Waals surface area contributed by atoms with Crippen LogP contribution in [0.2, 0.25) is 0 Å². The first kappa shape index (κ1) is 24.5. The molecule has 0 saturated carbocycles. The van der Waals surface area contributed by atoms with Gasteiger partial charge in [-0.3, -0.25) is 4.98 Å². The molecule has 1 N–H and O–H groups in total. The van der Waals surface area contributed by atoms with E-state index in [1.807, 2.05) is 56.3 Å². The number of hydrogen-bond donors (Lipinski definition) is 1. The summed E-state index contributed by atoms with van der Waals surface area (Å²) in [4.78, 5) is 29.4. The van der Waals surface area contributed by atoms with Crippen LogP contribution in [-0.4, -0.2) is 78.9 Å². The molecule has 33 heavy (non-hydrogen) atoms. The first-order valence-corrected chi connectivity index (χ1v) is 10.6. The molecule has 1 aliphatic heterocycles. The fourth-order valence-corrected chi connectivity index (χ4v) is 3.66. The van der Waals surface area contributed by atoms with Crippen molar-refractivity contribution in [1.82, 2.24) is 25.2 Å². The van der Waals surface area contributed by atoms with Crippen LogP contribution in [0.25, 0.3) is 22.3 Å². The normalized spacial score (nSPS) is 16.6. The zero-order valence-corrected chi connectivity index (χ0v) is 20.3. The quantitative estimate of drug-likeness (QED) is 0.613. The highest BCUT2D eigenvalue weighted by atomic mass is 32.1.